The molecule has 152 valence electrons. The van der Waals surface area contributed by atoms with Crippen LogP contribution in [-0.2, 0) is 24.3 Å². The number of para-hydroxylation sites is 1. The Morgan fingerprint density at radius 2 is 1.79 bits per heavy atom. The summed E-state index contributed by atoms with van der Waals surface area (Å²) in [6, 6.07) is 14.6. The number of nitrogens with zero attached hydrogens (tertiary/aromatic N) is 2. The van der Waals surface area contributed by atoms with E-state index in [4.69, 9.17) is 0 Å². The van der Waals surface area contributed by atoms with E-state index in [1.54, 1.807) is 24.3 Å². The molecule has 29 heavy (non-hydrogen) atoms. The highest BCUT2D eigenvalue weighted by Crippen LogP contribution is 2.12. The zero-order valence-corrected chi connectivity index (χ0v) is 17.1. The minimum atomic E-state index is -0.452. The molecule has 3 aromatic rings. The molecule has 0 aliphatic heterocycles. The summed E-state index contributed by atoms with van der Waals surface area (Å²) in [5.74, 6) is 0.0509. The molecule has 6 heteroatoms. The van der Waals surface area contributed by atoms with Crippen molar-refractivity contribution in [2.75, 3.05) is 5.32 Å². The van der Waals surface area contributed by atoms with Gasteiger partial charge in [-0.05, 0) is 48.6 Å². The van der Waals surface area contributed by atoms with Gasteiger partial charge in [-0.3, -0.25) is 18.7 Å². The zero-order chi connectivity index (χ0) is 21.0. The standard InChI is InChI=1S/C23H27N3O3/c1-4-17-8-7-9-18(14-17)24-21(27)15-26-20-11-6-5-10-19(20)22(28)25(23(26)29)13-12-16(2)3/h5-11,14,16H,4,12-13,15H2,1-3H3,(H,24,27). The van der Waals surface area contributed by atoms with Crippen LogP contribution in [0.1, 0.15) is 32.8 Å². The van der Waals surface area contributed by atoms with E-state index in [2.05, 4.69) is 5.32 Å². The molecule has 0 spiro atoms. The Kier molecular flexibility index (Phi) is 6.32. The van der Waals surface area contributed by atoms with E-state index < -0.39 is 5.69 Å². The Balaban J connectivity index is 1.98. The number of anilines is 1. The van der Waals surface area contributed by atoms with E-state index in [9.17, 15) is 14.4 Å². The zero-order valence-electron chi connectivity index (χ0n) is 17.1. The summed E-state index contributed by atoms with van der Waals surface area (Å²) >= 11 is 0. The monoisotopic (exact) mass is 393 g/mol. The van der Waals surface area contributed by atoms with Crippen molar-refractivity contribution in [3.8, 4) is 0 Å². The predicted octanol–water partition coefficient (Wildman–Crippen LogP) is 3.41. The SMILES string of the molecule is CCc1cccc(NC(=O)Cn2c(=O)n(CCC(C)C)c(=O)c3ccccc32)c1. The first-order valence-corrected chi connectivity index (χ1v) is 10.0. The number of hydrogen-bond donors (Lipinski definition) is 1. The van der Waals surface area contributed by atoms with Crippen LogP contribution in [0, 0.1) is 5.92 Å². The lowest BCUT2D eigenvalue weighted by atomic mass is 10.1. The number of carbonyl (C=O) groups excluding carboxylic acids is 1. The fourth-order valence-electron chi connectivity index (χ4n) is 3.32. The maximum Gasteiger partial charge on any atom is 0.331 e. The third kappa shape index (κ3) is 4.65. The molecule has 0 aliphatic rings. The van der Waals surface area contributed by atoms with Crippen molar-refractivity contribution in [1.29, 1.82) is 0 Å². The van der Waals surface area contributed by atoms with Gasteiger partial charge in [-0.15, -0.1) is 0 Å². The minimum absolute atomic E-state index is 0.155. The molecular formula is C23H27N3O3. The number of hydrogen-bond acceptors (Lipinski definition) is 3. The second-order valence-electron chi connectivity index (χ2n) is 7.63. The Hall–Kier alpha value is -3.15. The van der Waals surface area contributed by atoms with Gasteiger partial charge >= 0.3 is 5.69 Å². The second kappa shape index (κ2) is 8.90. The highest BCUT2D eigenvalue weighted by Gasteiger charge is 2.15. The van der Waals surface area contributed by atoms with Crippen LogP contribution >= 0.6 is 0 Å². The molecule has 1 N–H and O–H groups in total. The van der Waals surface area contributed by atoms with Crippen molar-refractivity contribution in [2.24, 2.45) is 5.92 Å². The van der Waals surface area contributed by atoms with E-state index in [1.807, 2.05) is 45.0 Å². The molecule has 2 aromatic carbocycles. The number of amides is 1. The van der Waals surface area contributed by atoms with Crippen LogP contribution in [0.15, 0.2) is 58.1 Å². The molecule has 0 fully saturated rings. The molecule has 1 aromatic heterocycles. The van der Waals surface area contributed by atoms with Gasteiger partial charge in [0.25, 0.3) is 5.56 Å². The van der Waals surface area contributed by atoms with Gasteiger partial charge < -0.3 is 5.32 Å². The highest BCUT2D eigenvalue weighted by molar-refractivity contribution is 5.91. The van der Waals surface area contributed by atoms with Crippen LogP contribution in [-0.4, -0.2) is 15.0 Å². The average molecular weight is 393 g/mol. The molecule has 0 atom stereocenters. The summed E-state index contributed by atoms with van der Waals surface area (Å²) in [7, 11) is 0. The molecule has 0 saturated heterocycles. The molecule has 1 amide bonds. The van der Waals surface area contributed by atoms with Crippen LogP contribution in [0.3, 0.4) is 0 Å². The summed E-state index contributed by atoms with van der Waals surface area (Å²) in [4.78, 5) is 38.5. The molecule has 0 bridgehead atoms. The largest absolute Gasteiger partial charge is 0.331 e. The summed E-state index contributed by atoms with van der Waals surface area (Å²) in [5.41, 5.74) is 1.53. The van der Waals surface area contributed by atoms with Crippen LogP contribution in [0.4, 0.5) is 5.69 Å². The number of rotatable bonds is 7. The summed E-state index contributed by atoms with van der Waals surface area (Å²) < 4.78 is 2.63. The third-order valence-corrected chi connectivity index (χ3v) is 4.98. The molecule has 0 saturated carbocycles. The first-order valence-electron chi connectivity index (χ1n) is 10.0. The lowest BCUT2D eigenvalue weighted by Crippen LogP contribution is -2.42. The van der Waals surface area contributed by atoms with Crippen molar-refractivity contribution in [3.63, 3.8) is 0 Å². The van der Waals surface area contributed by atoms with Crippen molar-refractivity contribution < 1.29 is 4.79 Å². The normalized spacial score (nSPS) is 11.2. The molecule has 0 aliphatic carbocycles. The third-order valence-electron chi connectivity index (χ3n) is 4.98. The maximum atomic E-state index is 13.1. The van der Waals surface area contributed by atoms with Gasteiger partial charge in [-0.1, -0.05) is 45.0 Å². The molecule has 0 unspecified atom stereocenters. The van der Waals surface area contributed by atoms with Gasteiger partial charge in [-0.25, -0.2) is 4.79 Å². The predicted molar refractivity (Wildman–Crippen MR) is 116 cm³/mol. The number of fused-ring (bicyclic) bond motifs is 1. The molecule has 0 radical (unpaired) electrons. The lowest BCUT2D eigenvalue weighted by molar-refractivity contribution is -0.116. The van der Waals surface area contributed by atoms with Crippen molar-refractivity contribution in [1.82, 2.24) is 9.13 Å². The topological polar surface area (TPSA) is 73.1 Å². The van der Waals surface area contributed by atoms with Crippen LogP contribution < -0.4 is 16.6 Å². The van der Waals surface area contributed by atoms with Crippen molar-refractivity contribution >= 4 is 22.5 Å². The maximum absolute atomic E-state index is 13.1. The van der Waals surface area contributed by atoms with E-state index in [0.717, 1.165) is 12.0 Å². The van der Waals surface area contributed by atoms with E-state index in [-0.39, 0.29) is 18.0 Å². The smallest absolute Gasteiger partial charge is 0.325 e. The quantitative estimate of drug-likeness (QED) is 0.669. The summed E-state index contributed by atoms with van der Waals surface area (Å²) in [5, 5.41) is 3.30. The Morgan fingerprint density at radius 3 is 2.52 bits per heavy atom. The number of benzene rings is 2. The number of nitrogens with one attached hydrogen (secondary N) is 1. The minimum Gasteiger partial charge on any atom is -0.325 e. The Labute approximate surface area is 169 Å². The Morgan fingerprint density at radius 1 is 1.03 bits per heavy atom. The molecule has 1 heterocycles. The van der Waals surface area contributed by atoms with Crippen LogP contribution in [0.5, 0.6) is 0 Å². The number of aromatic nitrogens is 2. The Bertz CT molecular complexity index is 1140. The fourth-order valence-corrected chi connectivity index (χ4v) is 3.32. The van der Waals surface area contributed by atoms with Gasteiger partial charge in [-0.2, -0.15) is 0 Å². The van der Waals surface area contributed by atoms with Crippen molar-refractivity contribution in [2.45, 2.75) is 46.7 Å². The molecule has 6 nitrogen and oxygen atoms in total. The second-order valence-corrected chi connectivity index (χ2v) is 7.63. The molecular weight excluding hydrogens is 366 g/mol. The summed E-state index contributed by atoms with van der Waals surface area (Å²) in [6.45, 7) is 6.32. The lowest BCUT2D eigenvalue weighted by Gasteiger charge is -2.15. The first-order chi connectivity index (χ1) is 13.9. The number of carbonyl (C=O) groups is 1. The van der Waals surface area contributed by atoms with Gasteiger partial charge in [0.2, 0.25) is 5.91 Å². The van der Waals surface area contributed by atoms with Crippen LogP contribution in [0.2, 0.25) is 0 Å². The number of aryl methyl sites for hydroxylation is 1. The van der Waals surface area contributed by atoms with Gasteiger partial charge in [0.15, 0.2) is 0 Å². The van der Waals surface area contributed by atoms with Gasteiger partial charge in [0.05, 0.1) is 10.9 Å². The van der Waals surface area contributed by atoms with E-state index >= 15 is 0 Å². The average Bonchev–Trinajstić information content (AvgIpc) is 2.71. The summed E-state index contributed by atoms with van der Waals surface area (Å²) in [6.07, 6.45) is 1.58. The van der Waals surface area contributed by atoms with Gasteiger partial charge in [0.1, 0.15) is 6.54 Å². The van der Waals surface area contributed by atoms with Gasteiger partial charge in [0, 0.05) is 12.2 Å². The molecule has 3 rings (SSSR count). The first kappa shape index (κ1) is 20.6. The van der Waals surface area contributed by atoms with E-state index in [0.29, 0.717) is 35.5 Å². The highest BCUT2D eigenvalue weighted by atomic mass is 16.2. The van der Waals surface area contributed by atoms with Crippen LogP contribution in [0.25, 0.3) is 10.9 Å². The van der Waals surface area contributed by atoms with Crippen molar-refractivity contribution in [3.05, 3.63) is 74.9 Å². The van der Waals surface area contributed by atoms with E-state index in [1.165, 1.54) is 9.13 Å². The fraction of sp³-hybridized carbons (Fsp3) is 0.348.